The molecule has 0 saturated heterocycles. The van der Waals surface area contributed by atoms with Gasteiger partial charge in [0.2, 0.25) is 0 Å². The fourth-order valence-corrected chi connectivity index (χ4v) is 6.54. The zero-order chi connectivity index (χ0) is 31.0. The lowest BCUT2D eigenvalue weighted by Crippen LogP contribution is -2.40. The largest absolute Gasteiger partial charge is 0.508 e. The third kappa shape index (κ3) is 9.03. The van der Waals surface area contributed by atoms with Crippen molar-refractivity contribution in [2.45, 2.75) is 75.3 Å². The summed E-state index contributed by atoms with van der Waals surface area (Å²) in [7, 11) is 0.0566. The Hall–Kier alpha value is -2.44. The third-order valence-corrected chi connectivity index (χ3v) is 9.40. The fraction of sp³-hybridized carbons (Fsp3) is 0.600. The van der Waals surface area contributed by atoms with E-state index in [4.69, 9.17) is 9.57 Å². The molecule has 42 heavy (non-hydrogen) atoms. The summed E-state index contributed by atoms with van der Waals surface area (Å²) in [5.41, 5.74) is 1.75. The molecule has 0 saturated carbocycles. The number of benzene rings is 2. The predicted molar refractivity (Wildman–Crippen MR) is 152 cm³/mol. The number of unbranched alkanes of at least 4 members (excludes halogenated alkanes) is 2. The predicted octanol–water partition coefficient (Wildman–Crippen LogP) is 7.07. The van der Waals surface area contributed by atoms with Gasteiger partial charge in [0.15, 0.2) is 0 Å². The van der Waals surface area contributed by atoms with Gasteiger partial charge < -0.3 is 19.8 Å². The molecule has 0 aliphatic carbocycles. The van der Waals surface area contributed by atoms with Crippen molar-refractivity contribution in [2.24, 2.45) is 0 Å². The number of fused-ring (bicyclic) bond motifs is 1. The number of hydroxylamine groups is 2. The van der Waals surface area contributed by atoms with Crippen LogP contribution in [0.5, 0.6) is 17.2 Å². The highest BCUT2D eigenvalue weighted by Gasteiger charge is 2.56. The summed E-state index contributed by atoms with van der Waals surface area (Å²) in [6, 6.07) is 12.4. The van der Waals surface area contributed by atoms with Gasteiger partial charge in [-0.05, 0) is 55.0 Å². The first-order valence-electron chi connectivity index (χ1n) is 14.1. The number of alkyl halides is 5. The number of hydrogen-bond acceptors (Lipinski definition) is 6. The van der Waals surface area contributed by atoms with E-state index in [1.165, 1.54) is 7.11 Å². The van der Waals surface area contributed by atoms with Gasteiger partial charge in [0, 0.05) is 59.2 Å². The first kappa shape index (κ1) is 34.1. The molecule has 3 unspecified atom stereocenters. The standard InChI is InChI=1S/C30H40F5NO5S/c1-28(22-9-11-23(37)12-10-22)21-41-27-20-24(38)13-14-25(27)26(28)8-4-3-5-16-36(40-2)17-7-19-42(39)18-6-15-29(31,32)30(33,34)35/h9-14,20,26,37-38H,3-8,15-19,21H2,1-2H3. The maximum absolute atomic E-state index is 13.0. The van der Waals surface area contributed by atoms with E-state index in [1.54, 1.807) is 29.3 Å². The molecule has 2 aromatic carbocycles. The Kier molecular flexibility index (Phi) is 12.0. The Bertz CT molecular complexity index is 1160. The van der Waals surface area contributed by atoms with Crippen molar-refractivity contribution in [3.8, 4) is 17.2 Å². The highest BCUT2D eigenvalue weighted by molar-refractivity contribution is 7.84. The molecule has 6 nitrogen and oxygen atoms in total. The van der Waals surface area contributed by atoms with E-state index in [0.29, 0.717) is 31.9 Å². The van der Waals surface area contributed by atoms with Crippen LogP contribution in [0.2, 0.25) is 0 Å². The topological polar surface area (TPSA) is 79.2 Å². The van der Waals surface area contributed by atoms with Gasteiger partial charge in [-0.1, -0.05) is 38.0 Å². The first-order valence-corrected chi connectivity index (χ1v) is 15.6. The monoisotopic (exact) mass is 621 g/mol. The van der Waals surface area contributed by atoms with Gasteiger partial charge in [-0.2, -0.15) is 27.0 Å². The molecule has 12 heteroatoms. The number of hydrogen-bond donors (Lipinski definition) is 2. The number of phenolic OH excluding ortho intramolecular Hbond substituents is 2. The van der Waals surface area contributed by atoms with Gasteiger partial charge in [-0.3, -0.25) is 4.21 Å². The van der Waals surface area contributed by atoms with Gasteiger partial charge >= 0.3 is 12.1 Å². The van der Waals surface area contributed by atoms with Crippen LogP contribution < -0.4 is 4.74 Å². The van der Waals surface area contributed by atoms with Crippen molar-refractivity contribution < 1.29 is 45.9 Å². The summed E-state index contributed by atoms with van der Waals surface area (Å²) in [6.07, 6.45) is -3.40. The average molecular weight is 622 g/mol. The Balaban J connectivity index is 1.45. The maximum Gasteiger partial charge on any atom is 0.453 e. The van der Waals surface area contributed by atoms with Crippen LogP contribution in [0.3, 0.4) is 0 Å². The molecule has 0 radical (unpaired) electrons. The van der Waals surface area contributed by atoms with Crippen LogP contribution in [0, 0.1) is 0 Å². The van der Waals surface area contributed by atoms with Crippen LogP contribution in [0.25, 0.3) is 0 Å². The molecule has 0 bridgehead atoms. The molecule has 0 fully saturated rings. The van der Waals surface area contributed by atoms with Crippen LogP contribution in [0.4, 0.5) is 22.0 Å². The molecule has 0 spiro atoms. The van der Waals surface area contributed by atoms with E-state index in [-0.39, 0.29) is 34.3 Å². The molecular formula is C30H40F5NO5S. The van der Waals surface area contributed by atoms with Crippen LogP contribution in [0.1, 0.15) is 68.9 Å². The van der Waals surface area contributed by atoms with E-state index < -0.39 is 35.7 Å². The number of ether oxygens (including phenoxy) is 1. The van der Waals surface area contributed by atoms with Crippen molar-refractivity contribution in [2.75, 3.05) is 38.3 Å². The minimum Gasteiger partial charge on any atom is -0.508 e. The summed E-state index contributed by atoms with van der Waals surface area (Å²) < 4.78 is 80.9. The summed E-state index contributed by atoms with van der Waals surface area (Å²) in [5, 5.41) is 21.5. The number of halogens is 5. The second kappa shape index (κ2) is 14.8. The summed E-state index contributed by atoms with van der Waals surface area (Å²) in [4.78, 5) is 5.40. The highest BCUT2D eigenvalue weighted by Crippen LogP contribution is 2.49. The maximum atomic E-state index is 13.0. The number of aromatic hydroxyl groups is 2. The Labute approximate surface area is 246 Å². The van der Waals surface area contributed by atoms with Crippen molar-refractivity contribution in [1.29, 1.82) is 0 Å². The minimum absolute atomic E-state index is 0.121. The SMILES string of the molecule is CON(CCCCCC1c2ccc(O)cc2OCC1(C)c1ccc(O)cc1)CCCS(=O)CCCC(F)(F)C(F)(F)F. The van der Waals surface area contributed by atoms with E-state index in [9.17, 15) is 36.4 Å². The molecule has 1 aliphatic heterocycles. The zero-order valence-corrected chi connectivity index (χ0v) is 24.8. The number of phenols is 2. The molecule has 236 valence electrons. The first-order chi connectivity index (χ1) is 19.8. The quantitative estimate of drug-likeness (QED) is 0.119. The highest BCUT2D eigenvalue weighted by atomic mass is 32.2. The Morgan fingerprint density at radius 1 is 0.952 bits per heavy atom. The van der Waals surface area contributed by atoms with E-state index in [2.05, 4.69) is 6.92 Å². The van der Waals surface area contributed by atoms with Gasteiger partial charge in [0.05, 0.1) is 13.7 Å². The van der Waals surface area contributed by atoms with Crippen LogP contribution in [-0.4, -0.2) is 69.9 Å². The molecular weight excluding hydrogens is 581 g/mol. The average Bonchev–Trinajstić information content (AvgIpc) is 2.92. The summed E-state index contributed by atoms with van der Waals surface area (Å²) >= 11 is 0. The summed E-state index contributed by atoms with van der Waals surface area (Å²) in [6.45, 7) is 3.69. The van der Waals surface area contributed by atoms with Gasteiger partial charge in [-0.25, -0.2) is 0 Å². The minimum atomic E-state index is -5.58. The van der Waals surface area contributed by atoms with Crippen molar-refractivity contribution in [3.05, 3.63) is 53.6 Å². The van der Waals surface area contributed by atoms with Crippen LogP contribution in [0.15, 0.2) is 42.5 Å². The molecule has 2 N–H and O–H groups in total. The van der Waals surface area contributed by atoms with Crippen molar-refractivity contribution in [3.63, 3.8) is 0 Å². The van der Waals surface area contributed by atoms with E-state index >= 15 is 0 Å². The Morgan fingerprint density at radius 2 is 1.60 bits per heavy atom. The summed E-state index contributed by atoms with van der Waals surface area (Å²) in [5.74, 6) is -3.62. The smallest absolute Gasteiger partial charge is 0.453 e. The molecule has 0 aromatic heterocycles. The van der Waals surface area contributed by atoms with Crippen LogP contribution in [-0.2, 0) is 21.1 Å². The molecule has 1 heterocycles. The second-order valence-corrected chi connectivity index (χ2v) is 12.7. The van der Waals surface area contributed by atoms with Crippen molar-refractivity contribution in [1.82, 2.24) is 5.06 Å². The number of nitrogens with zero attached hydrogens (tertiary/aromatic N) is 1. The van der Waals surface area contributed by atoms with Crippen molar-refractivity contribution >= 4 is 10.8 Å². The lowest BCUT2D eigenvalue weighted by Gasteiger charge is -2.43. The second-order valence-electron chi connectivity index (χ2n) is 11.0. The number of rotatable bonds is 16. The van der Waals surface area contributed by atoms with Crippen LogP contribution >= 0.6 is 0 Å². The molecule has 2 aromatic rings. The van der Waals surface area contributed by atoms with E-state index in [0.717, 1.165) is 36.8 Å². The van der Waals surface area contributed by atoms with Gasteiger partial charge in [0.25, 0.3) is 0 Å². The molecule has 3 rings (SSSR count). The lowest BCUT2D eigenvalue weighted by molar-refractivity contribution is -0.284. The third-order valence-electron chi connectivity index (χ3n) is 7.91. The molecule has 3 atom stereocenters. The Morgan fingerprint density at radius 3 is 2.26 bits per heavy atom. The molecule has 1 aliphatic rings. The normalized spacial score (nSPS) is 19.9. The van der Waals surface area contributed by atoms with Gasteiger partial charge in [-0.15, -0.1) is 0 Å². The van der Waals surface area contributed by atoms with Gasteiger partial charge in [0.1, 0.15) is 17.2 Å². The lowest BCUT2D eigenvalue weighted by atomic mass is 9.66. The molecule has 0 amide bonds. The fourth-order valence-electron chi connectivity index (χ4n) is 5.42. The van der Waals surface area contributed by atoms with E-state index in [1.807, 2.05) is 18.2 Å². The zero-order valence-electron chi connectivity index (χ0n) is 24.0.